The second-order valence-electron chi connectivity index (χ2n) is 7.43. The molecule has 0 saturated heterocycles. The van der Waals surface area contributed by atoms with E-state index in [2.05, 4.69) is 54.5 Å². The number of rotatable bonds is 3. The van der Waals surface area contributed by atoms with Crippen molar-refractivity contribution in [1.29, 1.82) is 0 Å². The molecule has 0 radical (unpaired) electrons. The molecule has 0 aliphatic rings. The number of aryl methyl sites for hydroxylation is 1. The van der Waals surface area contributed by atoms with E-state index >= 15 is 0 Å². The van der Waals surface area contributed by atoms with Crippen LogP contribution in [0.1, 0.15) is 25.0 Å². The number of pyridine rings is 1. The number of hydrogen-bond acceptors (Lipinski definition) is 4. The van der Waals surface area contributed by atoms with Crippen molar-refractivity contribution in [2.75, 3.05) is 6.54 Å². The summed E-state index contributed by atoms with van der Waals surface area (Å²) < 4.78 is 1.13. The minimum Gasteiger partial charge on any atom is -0.507 e. The molecule has 4 heteroatoms. The first-order chi connectivity index (χ1) is 12.4. The van der Waals surface area contributed by atoms with E-state index in [1.165, 1.54) is 5.56 Å². The summed E-state index contributed by atoms with van der Waals surface area (Å²) in [4.78, 5) is 4.66. The molecule has 4 aromatic rings. The van der Waals surface area contributed by atoms with Gasteiger partial charge in [0.25, 0.3) is 0 Å². The second-order valence-corrected chi connectivity index (χ2v) is 8.38. The number of fused-ring (bicyclic) bond motifs is 3. The van der Waals surface area contributed by atoms with Gasteiger partial charge < -0.3 is 10.8 Å². The third-order valence-electron chi connectivity index (χ3n) is 5.21. The van der Waals surface area contributed by atoms with E-state index in [4.69, 9.17) is 5.73 Å². The van der Waals surface area contributed by atoms with Crippen molar-refractivity contribution in [3.8, 4) is 16.9 Å². The molecule has 3 nitrogen and oxygen atoms in total. The lowest BCUT2D eigenvalue weighted by molar-refractivity contribution is 0.477. The summed E-state index contributed by atoms with van der Waals surface area (Å²) in [5.41, 5.74) is 10.8. The highest BCUT2D eigenvalue weighted by atomic mass is 32.1. The Balaban J connectivity index is 2.01. The molecule has 3 N–H and O–H groups in total. The molecule has 26 heavy (non-hydrogen) atoms. The summed E-state index contributed by atoms with van der Waals surface area (Å²) in [6.45, 7) is 6.85. The molecule has 0 aliphatic heterocycles. The van der Waals surface area contributed by atoms with Crippen molar-refractivity contribution in [2.24, 2.45) is 5.73 Å². The summed E-state index contributed by atoms with van der Waals surface area (Å²) in [7, 11) is 0. The lowest BCUT2D eigenvalue weighted by atomic mass is 9.84. The normalized spacial score (nSPS) is 12.2. The predicted octanol–water partition coefficient (Wildman–Crippen LogP) is 5.37. The Labute approximate surface area is 157 Å². The Kier molecular flexibility index (Phi) is 3.98. The zero-order valence-corrected chi connectivity index (χ0v) is 16.0. The predicted molar refractivity (Wildman–Crippen MR) is 111 cm³/mol. The molecule has 2 heterocycles. The van der Waals surface area contributed by atoms with Crippen molar-refractivity contribution in [1.82, 2.24) is 4.98 Å². The molecule has 4 rings (SSSR count). The van der Waals surface area contributed by atoms with Gasteiger partial charge in [0.1, 0.15) is 5.75 Å². The average molecular weight is 362 g/mol. The molecular weight excluding hydrogens is 340 g/mol. The van der Waals surface area contributed by atoms with Crippen LogP contribution in [0.5, 0.6) is 5.75 Å². The van der Waals surface area contributed by atoms with Gasteiger partial charge in [0, 0.05) is 34.5 Å². The molecule has 0 unspecified atom stereocenters. The zero-order chi connectivity index (χ0) is 18.5. The van der Waals surface area contributed by atoms with Gasteiger partial charge in [0.2, 0.25) is 0 Å². The number of nitrogens with zero attached hydrogens (tertiary/aromatic N) is 1. The maximum Gasteiger partial charge on any atom is 0.124 e. The second kappa shape index (κ2) is 6.08. The average Bonchev–Trinajstić information content (AvgIpc) is 3.11. The first-order valence-electron chi connectivity index (χ1n) is 8.72. The summed E-state index contributed by atoms with van der Waals surface area (Å²) in [5.74, 6) is 0.293. The summed E-state index contributed by atoms with van der Waals surface area (Å²) in [6.07, 6.45) is 1.92. The fourth-order valence-electron chi connectivity index (χ4n) is 3.47. The van der Waals surface area contributed by atoms with Crippen LogP contribution in [0.2, 0.25) is 0 Å². The molecule has 0 amide bonds. The third-order valence-corrected chi connectivity index (χ3v) is 6.06. The van der Waals surface area contributed by atoms with Crippen LogP contribution in [-0.4, -0.2) is 16.6 Å². The summed E-state index contributed by atoms with van der Waals surface area (Å²) in [5, 5.41) is 15.0. The van der Waals surface area contributed by atoms with Crippen LogP contribution in [-0.2, 0) is 5.41 Å². The Hall–Kier alpha value is -2.43. The van der Waals surface area contributed by atoms with Gasteiger partial charge in [0.15, 0.2) is 0 Å². The quantitative estimate of drug-likeness (QED) is 0.515. The topological polar surface area (TPSA) is 59.1 Å². The highest BCUT2D eigenvalue weighted by Crippen LogP contribution is 2.42. The summed E-state index contributed by atoms with van der Waals surface area (Å²) in [6, 6.07) is 12.3. The number of aromatic hydroxyl groups is 1. The number of benzene rings is 2. The van der Waals surface area contributed by atoms with Gasteiger partial charge in [-0.25, -0.2) is 0 Å². The van der Waals surface area contributed by atoms with Gasteiger partial charge in [-0.15, -0.1) is 11.3 Å². The van der Waals surface area contributed by atoms with E-state index in [0.29, 0.717) is 12.3 Å². The molecular formula is C22H22N2OS. The monoisotopic (exact) mass is 362 g/mol. The number of aromatic nitrogens is 1. The molecule has 0 fully saturated rings. The maximum absolute atomic E-state index is 10.8. The Morgan fingerprint density at radius 2 is 1.88 bits per heavy atom. The maximum atomic E-state index is 10.8. The molecule has 2 aromatic heterocycles. The Bertz CT molecular complexity index is 1110. The molecule has 2 aromatic carbocycles. The van der Waals surface area contributed by atoms with Gasteiger partial charge in [-0.3, -0.25) is 4.98 Å². The smallest absolute Gasteiger partial charge is 0.124 e. The van der Waals surface area contributed by atoms with Crippen LogP contribution in [0.4, 0.5) is 0 Å². The molecule has 132 valence electrons. The molecule has 0 bridgehead atoms. The van der Waals surface area contributed by atoms with E-state index in [-0.39, 0.29) is 5.41 Å². The molecule has 0 spiro atoms. The van der Waals surface area contributed by atoms with Gasteiger partial charge in [0.05, 0.1) is 10.2 Å². The minimum atomic E-state index is -0.0713. The Morgan fingerprint density at radius 3 is 2.58 bits per heavy atom. The van der Waals surface area contributed by atoms with E-state index in [9.17, 15) is 5.11 Å². The van der Waals surface area contributed by atoms with E-state index in [1.54, 1.807) is 17.4 Å². The standard InChI is InChI=1S/C22H22N2OS/c1-13-10-17(25)19(14-4-6-15(7-5-14)22(2,3)12-23)20-16-8-9-26-18(16)11-24-21(13)20/h4-11,25H,12,23H2,1-3H3. The van der Waals surface area contributed by atoms with Crippen LogP contribution in [0, 0.1) is 6.92 Å². The van der Waals surface area contributed by atoms with Crippen molar-refractivity contribution >= 4 is 32.3 Å². The largest absolute Gasteiger partial charge is 0.507 e. The van der Waals surface area contributed by atoms with E-state index < -0.39 is 0 Å². The van der Waals surface area contributed by atoms with Crippen LogP contribution in [0.3, 0.4) is 0 Å². The van der Waals surface area contributed by atoms with Crippen LogP contribution >= 0.6 is 11.3 Å². The van der Waals surface area contributed by atoms with Crippen molar-refractivity contribution in [3.05, 3.63) is 59.1 Å². The highest BCUT2D eigenvalue weighted by molar-refractivity contribution is 7.17. The fraction of sp³-hybridized carbons (Fsp3) is 0.227. The summed E-state index contributed by atoms with van der Waals surface area (Å²) >= 11 is 1.67. The first-order valence-corrected chi connectivity index (χ1v) is 9.60. The molecule has 0 aliphatic carbocycles. The molecule has 0 atom stereocenters. The van der Waals surface area contributed by atoms with Gasteiger partial charge >= 0.3 is 0 Å². The van der Waals surface area contributed by atoms with Crippen molar-refractivity contribution in [3.63, 3.8) is 0 Å². The van der Waals surface area contributed by atoms with Crippen LogP contribution in [0.15, 0.2) is 48.0 Å². The zero-order valence-electron chi connectivity index (χ0n) is 15.2. The lowest BCUT2D eigenvalue weighted by Gasteiger charge is -2.23. The highest BCUT2D eigenvalue weighted by Gasteiger charge is 2.20. The van der Waals surface area contributed by atoms with E-state index in [1.807, 2.05) is 13.1 Å². The SMILES string of the molecule is Cc1cc(O)c(-c2ccc(C(C)(C)CN)cc2)c2c1ncc1sccc12. The van der Waals surface area contributed by atoms with Crippen LogP contribution in [0.25, 0.3) is 32.1 Å². The number of phenolic OH excluding ortho intramolecular Hbond substituents is 1. The third kappa shape index (κ3) is 2.57. The van der Waals surface area contributed by atoms with Gasteiger partial charge in [-0.1, -0.05) is 38.1 Å². The Morgan fingerprint density at radius 1 is 1.15 bits per heavy atom. The fourth-order valence-corrected chi connectivity index (χ4v) is 4.23. The number of thiophene rings is 1. The first kappa shape index (κ1) is 17.0. The minimum absolute atomic E-state index is 0.0713. The van der Waals surface area contributed by atoms with E-state index in [0.717, 1.165) is 37.7 Å². The lowest BCUT2D eigenvalue weighted by Crippen LogP contribution is -2.27. The number of nitrogens with two attached hydrogens (primary N) is 1. The van der Waals surface area contributed by atoms with Crippen molar-refractivity contribution < 1.29 is 5.11 Å². The molecule has 0 saturated carbocycles. The van der Waals surface area contributed by atoms with Crippen molar-refractivity contribution in [2.45, 2.75) is 26.2 Å². The number of phenols is 1. The van der Waals surface area contributed by atoms with Gasteiger partial charge in [-0.2, -0.15) is 0 Å². The van der Waals surface area contributed by atoms with Gasteiger partial charge in [-0.05, 0) is 41.1 Å². The number of hydrogen-bond donors (Lipinski definition) is 2. The van der Waals surface area contributed by atoms with Crippen LogP contribution < -0.4 is 5.73 Å².